The summed E-state index contributed by atoms with van der Waals surface area (Å²) in [6.45, 7) is 8.70. The molecule has 1 aromatic rings. The van der Waals surface area contributed by atoms with E-state index in [2.05, 4.69) is 0 Å². The summed E-state index contributed by atoms with van der Waals surface area (Å²) in [6, 6.07) is 3.36. The highest BCUT2D eigenvalue weighted by atomic mass is 16.5. The Morgan fingerprint density at radius 1 is 1.43 bits per heavy atom. The number of carbonyl (C=O) groups excluding carboxylic acids is 2. The number of ether oxygens (including phenoxy) is 1. The van der Waals surface area contributed by atoms with Crippen molar-refractivity contribution in [2.24, 2.45) is 11.8 Å². The van der Waals surface area contributed by atoms with Crippen LogP contribution in [0.2, 0.25) is 0 Å². The van der Waals surface area contributed by atoms with Gasteiger partial charge in [-0.2, -0.15) is 0 Å². The molecule has 0 N–H and O–H groups in total. The summed E-state index contributed by atoms with van der Waals surface area (Å²) >= 11 is 0. The minimum atomic E-state index is -0.328. The normalized spacial score (nSPS) is 21.0. The molecule has 0 unspecified atom stereocenters. The molecule has 1 fully saturated rings. The molecule has 1 heterocycles. The number of carbonyl (C=O) groups is 2. The second-order valence-corrected chi connectivity index (χ2v) is 6.42. The van der Waals surface area contributed by atoms with Gasteiger partial charge >= 0.3 is 5.97 Å². The number of amides is 1. The summed E-state index contributed by atoms with van der Waals surface area (Å²) < 4.78 is 10.2. The Balaban J connectivity index is 2.03. The van der Waals surface area contributed by atoms with E-state index in [1.165, 1.54) is 6.26 Å². The van der Waals surface area contributed by atoms with Gasteiger partial charge in [0.25, 0.3) is 5.91 Å². The third kappa shape index (κ3) is 3.65. The van der Waals surface area contributed by atoms with E-state index in [9.17, 15) is 9.59 Å². The summed E-state index contributed by atoms with van der Waals surface area (Å²) in [4.78, 5) is 26.0. The molecule has 1 aliphatic rings. The maximum absolute atomic E-state index is 12.5. The monoisotopic (exact) mass is 293 g/mol. The lowest BCUT2D eigenvalue weighted by atomic mass is 10.0. The molecule has 116 valence electrons. The average molecular weight is 293 g/mol. The first-order chi connectivity index (χ1) is 9.84. The predicted octanol–water partition coefficient (Wildman–Crippen LogP) is 2.72. The zero-order chi connectivity index (χ0) is 15.6. The number of hydrogen-bond acceptors (Lipinski definition) is 4. The molecule has 0 saturated heterocycles. The van der Waals surface area contributed by atoms with Crippen LogP contribution in [0.15, 0.2) is 22.8 Å². The van der Waals surface area contributed by atoms with Gasteiger partial charge in [0.15, 0.2) is 5.76 Å². The van der Waals surface area contributed by atoms with E-state index in [4.69, 9.17) is 9.15 Å². The zero-order valence-corrected chi connectivity index (χ0v) is 13.1. The number of nitrogens with zero attached hydrogens (tertiary/aromatic N) is 1. The first-order valence-corrected chi connectivity index (χ1v) is 7.36. The number of furan rings is 1. The van der Waals surface area contributed by atoms with Crippen molar-refractivity contribution in [3.05, 3.63) is 24.2 Å². The molecule has 1 amide bonds. The Hall–Kier alpha value is -1.78. The smallest absolute Gasteiger partial charge is 0.309 e. The van der Waals surface area contributed by atoms with Crippen LogP contribution in [0.5, 0.6) is 0 Å². The molecule has 1 saturated carbocycles. The Kier molecular flexibility index (Phi) is 4.40. The highest BCUT2D eigenvalue weighted by Gasteiger charge is 2.47. The SMILES string of the molecule is CCOC(=O)[C@@H]1C[C@@H]1CN(C(=O)c1ccco1)C(C)(C)C. The van der Waals surface area contributed by atoms with Crippen LogP contribution < -0.4 is 0 Å². The molecule has 0 bridgehead atoms. The Labute approximate surface area is 125 Å². The quantitative estimate of drug-likeness (QED) is 0.783. The van der Waals surface area contributed by atoms with E-state index in [1.807, 2.05) is 20.8 Å². The summed E-state index contributed by atoms with van der Waals surface area (Å²) in [5.74, 6) is 0.156. The van der Waals surface area contributed by atoms with Crippen molar-refractivity contribution in [1.29, 1.82) is 0 Å². The molecule has 1 aromatic heterocycles. The van der Waals surface area contributed by atoms with E-state index < -0.39 is 0 Å². The maximum atomic E-state index is 12.5. The second-order valence-electron chi connectivity index (χ2n) is 6.42. The molecule has 0 radical (unpaired) electrons. The maximum Gasteiger partial charge on any atom is 0.309 e. The molecular formula is C16H23NO4. The molecule has 2 rings (SSSR count). The number of hydrogen-bond donors (Lipinski definition) is 0. The summed E-state index contributed by atoms with van der Waals surface area (Å²) in [6.07, 6.45) is 2.28. The van der Waals surface area contributed by atoms with Crippen LogP contribution in [0.25, 0.3) is 0 Å². The van der Waals surface area contributed by atoms with Crippen molar-refractivity contribution in [3.63, 3.8) is 0 Å². The van der Waals surface area contributed by atoms with E-state index in [0.29, 0.717) is 18.9 Å². The molecule has 21 heavy (non-hydrogen) atoms. The Morgan fingerprint density at radius 2 is 2.14 bits per heavy atom. The van der Waals surface area contributed by atoms with Gasteiger partial charge in [-0.1, -0.05) is 0 Å². The topological polar surface area (TPSA) is 59.8 Å². The van der Waals surface area contributed by atoms with Gasteiger partial charge < -0.3 is 14.1 Å². The number of rotatable bonds is 5. The molecule has 0 aromatic carbocycles. The zero-order valence-electron chi connectivity index (χ0n) is 13.1. The fraction of sp³-hybridized carbons (Fsp3) is 0.625. The first kappa shape index (κ1) is 15.6. The van der Waals surface area contributed by atoms with Crippen molar-refractivity contribution < 1.29 is 18.7 Å². The van der Waals surface area contributed by atoms with Gasteiger partial charge in [-0.15, -0.1) is 0 Å². The summed E-state index contributed by atoms with van der Waals surface area (Å²) in [5.41, 5.74) is -0.328. The van der Waals surface area contributed by atoms with Gasteiger partial charge in [0, 0.05) is 12.1 Å². The van der Waals surface area contributed by atoms with Crippen molar-refractivity contribution >= 4 is 11.9 Å². The van der Waals surface area contributed by atoms with Crippen molar-refractivity contribution in [3.8, 4) is 0 Å². The van der Waals surface area contributed by atoms with Gasteiger partial charge in [0.2, 0.25) is 0 Å². The minimum absolute atomic E-state index is 0.0702. The predicted molar refractivity (Wildman–Crippen MR) is 77.7 cm³/mol. The van der Waals surface area contributed by atoms with Crippen LogP contribution in [-0.4, -0.2) is 35.5 Å². The number of esters is 1. The fourth-order valence-corrected chi connectivity index (χ4v) is 2.42. The van der Waals surface area contributed by atoms with Gasteiger partial charge in [-0.3, -0.25) is 9.59 Å². The standard InChI is InChI=1S/C16H23NO4/c1-5-20-15(19)12-9-11(12)10-17(16(2,3)4)14(18)13-7-6-8-21-13/h6-8,11-12H,5,9-10H2,1-4H3/t11-,12-/m1/s1. The lowest BCUT2D eigenvalue weighted by molar-refractivity contribution is -0.145. The van der Waals surface area contributed by atoms with E-state index >= 15 is 0 Å². The largest absolute Gasteiger partial charge is 0.466 e. The van der Waals surface area contributed by atoms with Gasteiger partial charge in [0.05, 0.1) is 18.8 Å². The molecule has 0 spiro atoms. The highest BCUT2D eigenvalue weighted by Crippen LogP contribution is 2.41. The fourth-order valence-electron chi connectivity index (χ4n) is 2.42. The van der Waals surface area contributed by atoms with Crippen LogP contribution in [0, 0.1) is 11.8 Å². The van der Waals surface area contributed by atoms with Crippen LogP contribution in [0.3, 0.4) is 0 Å². The molecule has 1 aliphatic carbocycles. The van der Waals surface area contributed by atoms with Gasteiger partial charge in [-0.05, 0) is 52.2 Å². The third-order valence-electron chi connectivity index (χ3n) is 3.72. The van der Waals surface area contributed by atoms with Crippen molar-refractivity contribution in [1.82, 2.24) is 4.90 Å². The Morgan fingerprint density at radius 3 is 2.67 bits per heavy atom. The first-order valence-electron chi connectivity index (χ1n) is 7.36. The average Bonchev–Trinajstić information content (AvgIpc) is 2.95. The summed E-state index contributed by atoms with van der Waals surface area (Å²) in [5, 5.41) is 0. The second kappa shape index (κ2) is 5.92. The van der Waals surface area contributed by atoms with Crippen LogP contribution in [0.4, 0.5) is 0 Å². The lowest BCUT2D eigenvalue weighted by Crippen LogP contribution is -2.46. The van der Waals surface area contributed by atoms with Crippen molar-refractivity contribution in [2.75, 3.05) is 13.2 Å². The molecule has 0 aliphatic heterocycles. The third-order valence-corrected chi connectivity index (χ3v) is 3.72. The lowest BCUT2D eigenvalue weighted by Gasteiger charge is -2.35. The Bertz CT molecular complexity index is 501. The van der Waals surface area contributed by atoms with E-state index in [-0.39, 0.29) is 29.3 Å². The molecule has 5 nitrogen and oxygen atoms in total. The molecular weight excluding hydrogens is 270 g/mol. The van der Waals surface area contributed by atoms with E-state index in [1.54, 1.807) is 24.0 Å². The molecule has 5 heteroatoms. The van der Waals surface area contributed by atoms with Crippen LogP contribution in [0.1, 0.15) is 44.7 Å². The molecule has 2 atom stereocenters. The van der Waals surface area contributed by atoms with Crippen LogP contribution >= 0.6 is 0 Å². The van der Waals surface area contributed by atoms with Gasteiger partial charge in [0.1, 0.15) is 0 Å². The van der Waals surface area contributed by atoms with Gasteiger partial charge in [-0.25, -0.2) is 0 Å². The van der Waals surface area contributed by atoms with E-state index in [0.717, 1.165) is 6.42 Å². The summed E-state index contributed by atoms with van der Waals surface area (Å²) in [7, 11) is 0. The minimum Gasteiger partial charge on any atom is -0.466 e. The highest BCUT2D eigenvalue weighted by molar-refractivity contribution is 5.92. The van der Waals surface area contributed by atoms with Crippen molar-refractivity contribution in [2.45, 2.75) is 39.7 Å². The van der Waals surface area contributed by atoms with Crippen LogP contribution in [-0.2, 0) is 9.53 Å².